The number of halogens is 3. The van der Waals surface area contributed by atoms with Crippen LogP contribution in [0, 0.1) is 5.82 Å². The molecule has 4 nitrogen and oxygen atoms in total. The monoisotopic (exact) mass is 301 g/mol. The maximum atomic E-state index is 13.9. The predicted molar refractivity (Wildman–Crippen MR) is 65.4 cm³/mol. The van der Waals surface area contributed by atoms with Gasteiger partial charge in [0.2, 0.25) is 0 Å². The fourth-order valence-corrected chi connectivity index (χ4v) is 2.77. The van der Waals surface area contributed by atoms with Crippen molar-refractivity contribution in [1.82, 2.24) is 14.8 Å². The molecule has 0 aliphatic carbocycles. The number of rotatable bonds is 3. The highest BCUT2D eigenvalue weighted by Crippen LogP contribution is 2.39. The summed E-state index contributed by atoms with van der Waals surface area (Å²) in [5, 5.41) is 3.67. The first-order chi connectivity index (χ1) is 9.60. The van der Waals surface area contributed by atoms with Crippen LogP contribution in [0.5, 0.6) is 0 Å². The van der Waals surface area contributed by atoms with Crippen molar-refractivity contribution in [2.45, 2.75) is 23.8 Å². The Hall–Kier alpha value is -1.54. The van der Waals surface area contributed by atoms with Crippen molar-refractivity contribution in [2.75, 3.05) is 6.01 Å². The van der Waals surface area contributed by atoms with Gasteiger partial charge in [-0.25, -0.2) is 13.5 Å². The third kappa shape index (κ3) is 2.18. The van der Waals surface area contributed by atoms with E-state index in [0.29, 0.717) is 5.56 Å². The highest BCUT2D eigenvalue weighted by Gasteiger charge is 2.37. The number of fused-ring (bicyclic) bond motifs is 1. The zero-order valence-electron chi connectivity index (χ0n) is 10.2. The minimum absolute atomic E-state index is 0.0102. The summed E-state index contributed by atoms with van der Waals surface area (Å²) >= 11 is -1.99. The summed E-state index contributed by atoms with van der Waals surface area (Å²) in [5.41, 5.74) is 0.550. The number of hydrogen-bond acceptors (Lipinski definition) is 3. The molecule has 8 heteroatoms. The van der Waals surface area contributed by atoms with Gasteiger partial charge in [-0.3, -0.25) is 0 Å². The molecule has 0 saturated heterocycles. The Morgan fingerprint density at radius 3 is 2.95 bits per heavy atom. The lowest BCUT2D eigenvalue weighted by atomic mass is 10.0. The molecular formula is C12H10F3N3OS. The van der Waals surface area contributed by atoms with E-state index in [2.05, 4.69) is 10.1 Å². The third-order valence-corrected chi connectivity index (χ3v) is 3.96. The van der Waals surface area contributed by atoms with Crippen molar-refractivity contribution in [3.63, 3.8) is 0 Å². The molecule has 0 bridgehead atoms. The molecule has 1 aliphatic heterocycles. The van der Waals surface area contributed by atoms with Crippen molar-refractivity contribution in [1.29, 1.82) is 0 Å². The number of benzene rings is 1. The van der Waals surface area contributed by atoms with Crippen LogP contribution in [0.3, 0.4) is 0 Å². The summed E-state index contributed by atoms with van der Waals surface area (Å²) in [6, 6.07) is 4.12. The molecule has 2 aromatic rings. The predicted octanol–water partition coefficient (Wildman–Crippen LogP) is 2.46. The average molecular weight is 301 g/mol. The van der Waals surface area contributed by atoms with Crippen molar-refractivity contribution < 1.29 is 17.7 Å². The van der Waals surface area contributed by atoms with Gasteiger partial charge in [-0.1, -0.05) is 12.1 Å². The van der Waals surface area contributed by atoms with E-state index in [1.54, 1.807) is 6.07 Å². The lowest BCUT2D eigenvalue weighted by Crippen LogP contribution is -2.10. The van der Waals surface area contributed by atoms with Crippen molar-refractivity contribution in [3.05, 3.63) is 41.5 Å². The zero-order valence-corrected chi connectivity index (χ0v) is 11.0. The molecule has 1 aromatic carbocycles. The van der Waals surface area contributed by atoms with E-state index in [4.69, 9.17) is 0 Å². The highest BCUT2D eigenvalue weighted by molar-refractivity contribution is 7.91. The lowest BCUT2D eigenvalue weighted by Gasteiger charge is -2.11. The maximum absolute atomic E-state index is 13.9. The van der Waals surface area contributed by atoms with Gasteiger partial charge in [0, 0.05) is 6.42 Å². The molecule has 0 spiro atoms. The smallest absolute Gasteiger partial charge is 0.364 e. The first-order valence-corrected chi connectivity index (χ1v) is 7.22. The lowest BCUT2D eigenvalue weighted by molar-refractivity contribution is 0.326. The fraction of sp³-hybridized carbons (Fsp3) is 0.333. The number of hydrogen-bond donors (Lipinski definition) is 0. The zero-order chi connectivity index (χ0) is 14.3. The van der Waals surface area contributed by atoms with Crippen LogP contribution in [0.1, 0.15) is 30.0 Å². The van der Waals surface area contributed by atoms with E-state index >= 15 is 0 Å². The first kappa shape index (κ1) is 13.4. The molecule has 0 amide bonds. The minimum Gasteiger partial charge on any atom is -0.607 e. The van der Waals surface area contributed by atoms with Gasteiger partial charge in [-0.05, 0) is 17.7 Å². The molecule has 1 aromatic heterocycles. The number of alkyl halides is 2. The second-order valence-electron chi connectivity index (χ2n) is 4.43. The van der Waals surface area contributed by atoms with Gasteiger partial charge in [0.25, 0.3) is 6.01 Å². The van der Waals surface area contributed by atoms with Crippen LogP contribution in [0.2, 0.25) is 0 Å². The Morgan fingerprint density at radius 2 is 2.25 bits per heavy atom. The number of aromatic nitrogens is 3. The molecule has 3 atom stereocenters. The Kier molecular flexibility index (Phi) is 3.43. The molecule has 0 radical (unpaired) electrons. The summed E-state index contributed by atoms with van der Waals surface area (Å²) in [5.74, 6) is -0.421. The van der Waals surface area contributed by atoms with Gasteiger partial charge in [0.05, 0.1) is 17.2 Å². The van der Waals surface area contributed by atoms with E-state index in [-0.39, 0.29) is 17.4 Å². The van der Waals surface area contributed by atoms with E-state index in [1.165, 1.54) is 22.9 Å². The van der Waals surface area contributed by atoms with Gasteiger partial charge >= 0.3 is 5.16 Å². The first-order valence-electron chi connectivity index (χ1n) is 5.90. The van der Waals surface area contributed by atoms with Crippen LogP contribution in [0.4, 0.5) is 13.2 Å². The van der Waals surface area contributed by atoms with E-state index in [1.807, 2.05) is 0 Å². The molecule has 20 heavy (non-hydrogen) atoms. The molecule has 3 rings (SSSR count). The molecule has 2 heterocycles. The van der Waals surface area contributed by atoms with Crippen LogP contribution in [-0.2, 0) is 11.2 Å². The molecule has 0 saturated carbocycles. The quantitative estimate of drug-likeness (QED) is 0.818. The topological polar surface area (TPSA) is 53.8 Å². The SMILES string of the molecule is [O-][S@@+](CF)c1nc2n(n1)[C@H](c1cccc(F)c1)C[C@@H]2F. The van der Waals surface area contributed by atoms with Crippen molar-refractivity contribution in [2.24, 2.45) is 0 Å². The maximum Gasteiger partial charge on any atom is 0.364 e. The van der Waals surface area contributed by atoms with Gasteiger partial charge in [-0.2, -0.15) is 9.37 Å². The van der Waals surface area contributed by atoms with Gasteiger partial charge in [0.1, 0.15) is 5.82 Å². The summed E-state index contributed by atoms with van der Waals surface area (Å²) in [4.78, 5) is 3.78. The van der Waals surface area contributed by atoms with Crippen molar-refractivity contribution >= 4 is 11.2 Å². The fourth-order valence-electron chi connectivity index (χ4n) is 2.30. The molecule has 0 fully saturated rings. The second-order valence-corrected chi connectivity index (χ2v) is 5.70. The largest absolute Gasteiger partial charge is 0.607 e. The average Bonchev–Trinajstić information content (AvgIpc) is 2.99. The summed E-state index contributed by atoms with van der Waals surface area (Å²) in [6.07, 6.45) is -1.30. The highest BCUT2D eigenvalue weighted by atomic mass is 32.2. The Labute approximate surface area is 115 Å². The van der Waals surface area contributed by atoms with Crippen LogP contribution in [0.15, 0.2) is 29.4 Å². The Bertz CT molecular complexity index is 636. The van der Waals surface area contributed by atoms with Crippen LogP contribution >= 0.6 is 0 Å². The molecule has 0 unspecified atom stereocenters. The minimum atomic E-state index is -1.99. The second kappa shape index (κ2) is 5.10. The molecule has 1 aliphatic rings. The van der Waals surface area contributed by atoms with Gasteiger partial charge in [-0.15, -0.1) is 5.10 Å². The standard InChI is InChI=1S/C12H10F3N3OS/c13-6-20(19)12-16-11-9(15)5-10(18(11)17-12)7-2-1-3-8(14)4-7/h1-4,9-10H,5-6H2/t9-,10-,20-/m0/s1. The van der Waals surface area contributed by atoms with Crippen LogP contribution in [-0.4, -0.2) is 25.3 Å². The Balaban J connectivity index is 2.00. The summed E-state index contributed by atoms with van der Waals surface area (Å²) < 4.78 is 52.1. The van der Waals surface area contributed by atoms with E-state index in [9.17, 15) is 17.7 Å². The van der Waals surface area contributed by atoms with E-state index < -0.39 is 35.2 Å². The molecule has 0 N–H and O–H groups in total. The summed E-state index contributed by atoms with van der Waals surface area (Å²) in [6.45, 7) is 0. The molecular weight excluding hydrogens is 291 g/mol. The number of nitrogens with zero attached hydrogens (tertiary/aromatic N) is 3. The molecule has 106 valence electrons. The third-order valence-electron chi connectivity index (χ3n) is 3.18. The van der Waals surface area contributed by atoms with E-state index in [0.717, 1.165) is 0 Å². The van der Waals surface area contributed by atoms with Crippen LogP contribution in [0.25, 0.3) is 0 Å². The van der Waals surface area contributed by atoms with Crippen molar-refractivity contribution in [3.8, 4) is 0 Å². The van der Waals surface area contributed by atoms with Gasteiger partial charge < -0.3 is 4.55 Å². The summed E-state index contributed by atoms with van der Waals surface area (Å²) in [7, 11) is 0. The van der Waals surface area contributed by atoms with Gasteiger partial charge in [0.15, 0.2) is 12.0 Å². The Morgan fingerprint density at radius 1 is 1.45 bits per heavy atom. The van der Waals surface area contributed by atoms with Crippen LogP contribution < -0.4 is 0 Å². The normalized spacial score (nSPS) is 22.8.